The highest BCUT2D eigenvalue weighted by atomic mass is 32.2. The molecule has 0 unspecified atom stereocenters. The Bertz CT molecular complexity index is 286. The molecule has 21 heavy (non-hydrogen) atoms. The average Bonchev–Trinajstić information content (AvgIpc) is 2.47. The molecule has 0 saturated carbocycles. The Labute approximate surface area is 135 Å². The molecule has 1 saturated heterocycles. The molecule has 0 amide bonds. The summed E-state index contributed by atoms with van der Waals surface area (Å²) in [7, 11) is 0. The Kier molecular flexibility index (Phi) is 9.92. The molecule has 124 valence electrons. The van der Waals surface area contributed by atoms with Crippen molar-refractivity contribution in [3.63, 3.8) is 0 Å². The third kappa shape index (κ3) is 7.96. The summed E-state index contributed by atoms with van der Waals surface area (Å²) < 4.78 is 0. The van der Waals surface area contributed by atoms with E-state index in [2.05, 4.69) is 42.6 Å². The van der Waals surface area contributed by atoms with Crippen LogP contribution in [0.1, 0.15) is 46.5 Å². The predicted molar refractivity (Wildman–Crippen MR) is 96.5 cm³/mol. The van der Waals surface area contributed by atoms with E-state index in [0.717, 1.165) is 19.0 Å². The molecule has 1 fully saturated rings. The van der Waals surface area contributed by atoms with Crippen LogP contribution in [0.3, 0.4) is 0 Å². The molecule has 0 aromatic carbocycles. The van der Waals surface area contributed by atoms with Crippen molar-refractivity contribution in [2.45, 2.75) is 58.5 Å². The number of unbranched alkanes of at least 4 members (excludes halogenated alkanes) is 1. The maximum atomic E-state index is 4.71. The molecule has 1 rings (SSSR count). The molecule has 1 aliphatic rings. The van der Waals surface area contributed by atoms with Crippen LogP contribution in [0.25, 0.3) is 0 Å². The summed E-state index contributed by atoms with van der Waals surface area (Å²) in [6.07, 6.45) is 7.04. The van der Waals surface area contributed by atoms with E-state index in [1.807, 2.05) is 11.8 Å². The van der Waals surface area contributed by atoms with Gasteiger partial charge in [0.15, 0.2) is 5.96 Å². The summed E-state index contributed by atoms with van der Waals surface area (Å²) >= 11 is 1.92. The molecule has 0 aromatic heterocycles. The van der Waals surface area contributed by atoms with Gasteiger partial charge in [0.1, 0.15) is 0 Å². The second-order valence-corrected chi connectivity index (χ2v) is 6.99. The second kappa shape index (κ2) is 11.2. The average molecular weight is 315 g/mol. The summed E-state index contributed by atoms with van der Waals surface area (Å²) in [5.74, 6) is 2.25. The van der Waals surface area contributed by atoms with Gasteiger partial charge in [-0.15, -0.1) is 0 Å². The highest BCUT2D eigenvalue weighted by Crippen LogP contribution is 2.12. The summed E-state index contributed by atoms with van der Waals surface area (Å²) in [5.41, 5.74) is 0. The third-order valence-electron chi connectivity index (χ3n) is 3.97. The van der Waals surface area contributed by atoms with Gasteiger partial charge in [0.25, 0.3) is 0 Å². The van der Waals surface area contributed by atoms with Crippen LogP contribution in [0, 0.1) is 0 Å². The van der Waals surface area contributed by atoms with Crippen LogP contribution in [-0.4, -0.2) is 61.1 Å². The van der Waals surface area contributed by atoms with Gasteiger partial charge in [-0.25, -0.2) is 0 Å². The van der Waals surface area contributed by atoms with Crippen LogP contribution in [0.4, 0.5) is 0 Å². The molecule has 0 spiro atoms. The minimum Gasteiger partial charge on any atom is -0.357 e. The molecule has 0 bridgehead atoms. The SMILES string of the molecule is CCNC(=NCCCCSC)NC1CCN(C(C)C)CC1. The first-order valence-electron chi connectivity index (χ1n) is 8.45. The number of piperidine rings is 1. The summed E-state index contributed by atoms with van der Waals surface area (Å²) in [4.78, 5) is 7.27. The molecule has 1 aliphatic heterocycles. The van der Waals surface area contributed by atoms with Crippen molar-refractivity contribution in [2.75, 3.05) is 38.2 Å². The molecule has 0 radical (unpaired) electrons. The number of hydrogen-bond acceptors (Lipinski definition) is 3. The van der Waals surface area contributed by atoms with Crippen molar-refractivity contribution < 1.29 is 0 Å². The zero-order chi connectivity index (χ0) is 15.5. The van der Waals surface area contributed by atoms with E-state index in [1.165, 1.54) is 44.5 Å². The Morgan fingerprint density at radius 3 is 2.57 bits per heavy atom. The van der Waals surface area contributed by atoms with Gasteiger partial charge in [-0.05, 0) is 58.5 Å². The lowest BCUT2D eigenvalue weighted by atomic mass is 10.0. The Morgan fingerprint density at radius 2 is 2.00 bits per heavy atom. The molecule has 2 N–H and O–H groups in total. The Hall–Kier alpha value is -0.420. The number of aliphatic imine (C=N–C) groups is 1. The highest BCUT2D eigenvalue weighted by molar-refractivity contribution is 7.98. The largest absolute Gasteiger partial charge is 0.357 e. The van der Waals surface area contributed by atoms with E-state index in [0.29, 0.717) is 12.1 Å². The molecule has 0 aliphatic carbocycles. The lowest BCUT2D eigenvalue weighted by Crippen LogP contribution is -2.49. The van der Waals surface area contributed by atoms with Crippen LogP contribution in [0.2, 0.25) is 0 Å². The number of hydrogen-bond donors (Lipinski definition) is 2. The van der Waals surface area contributed by atoms with E-state index in [9.17, 15) is 0 Å². The maximum absolute atomic E-state index is 4.71. The van der Waals surface area contributed by atoms with Gasteiger partial charge in [-0.1, -0.05) is 0 Å². The van der Waals surface area contributed by atoms with E-state index in [-0.39, 0.29) is 0 Å². The fraction of sp³-hybridized carbons (Fsp3) is 0.938. The first-order valence-corrected chi connectivity index (χ1v) is 9.84. The maximum Gasteiger partial charge on any atom is 0.191 e. The topological polar surface area (TPSA) is 39.7 Å². The van der Waals surface area contributed by atoms with Gasteiger partial charge in [-0.2, -0.15) is 11.8 Å². The number of guanidine groups is 1. The van der Waals surface area contributed by atoms with Gasteiger partial charge >= 0.3 is 0 Å². The van der Waals surface area contributed by atoms with Crippen molar-refractivity contribution in [2.24, 2.45) is 4.99 Å². The van der Waals surface area contributed by atoms with E-state index >= 15 is 0 Å². The quantitative estimate of drug-likeness (QED) is 0.410. The fourth-order valence-corrected chi connectivity index (χ4v) is 3.12. The predicted octanol–water partition coefficient (Wildman–Crippen LogP) is 2.56. The monoisotopic (exact) mass is 314 g/mol. The normalized spacial score (nSPS) is 18.2. The number of thioether (sulfide) groups is 1. The first kappa shape index (κ1) is 18.6. The van der Waals surface area contributed by atoms with Crippen molar-refractivity contribution in [3.8, 4) is 0 Å². The van der Waals surface area contributed by atoms with Crippen LogP contribution in [0.15, 0.2) is 4.99 Å². The van der Waals surface area contributed by atoms with Crippen molar-refractivity contribution in [1.29, 1.82) is 0 Å². The number of nitrogens with one attached hydrogen (secondary N) is 2. The van der Waals surface area contributed by atoms with Crippen molar-refractivity contribution in [1.82, 2.24) is 15.5 Å². The molecule has 0 aromatic rings. The van der Waals surface area contributed by atoms with E-state index in [1.54, 1.807) is 0 Å². The molecule has 5 heteroatoms. The third-order valence-corrected chi connectivity index (χ3v) is 4.67. The van der Waals surface area contributed by atoms with Crippen molar-refractivity contribution >= 4 is 17.7 Å². The summed E-state index contributed by atoms with van der Waals surface area (Å²) in [6.45, 7) is 11.0. The van der Waals surface area contributed by atoms with Crippen LogP contribution < -0.4 is 10.6 Å². The van der Waals surface area contributed by atoms with Crippen LogP contribution in [-0.2, 0) is 0 Å². The fourth-order valence-electron chi connectivity index (χ4n) is 2.62. The van der Waals surface area contributed by atoms with Gasteiger partial charge in [-0.3, -0.25) is 4.99 Å². The molecular formula is C16H34N4S. The Morgan fingerprint density at radius 1 is 1.29 bits per heavy atom. The minimum atomic E-state index is 0.573. The lowest BCUT2D eigenvalue weighted by molar-refractivity contribution is 0.167. The van der Waals surface area contributed by atoms with E-state index in [4.69, 9.17) is 4.99 Å². The second-order valence-electron chi connectivity index (χ2n) is 6.01. The van der Waals surface area contributed by atoms with Gasteiger partial charge in [0, 0.05) is 38.3 Å². The zero-order valence-corrected chi connectivity index (χ0v) is 15.1. The van der Waals surface area contributed by atoms with Gasteiger partial charge < -0.3 is 15.5 Å². The van der Waals surface area contributed by atoms with Crippen LogP contribution >= 0.6 is 11.8 Å². The lowest BCUT2D eigenvalue weighted by Gasteiger charge is -2.35. The first-order chi connectivity index (χ1) is 10.2. The molecule has 4 nitrogen and oxygen atoms in total. The van der Waals surface area contributed by atoms with Gasteiger partial charge in [0.2, 0.25) is 0 Å². The zero-order valence-electron chi connectivity index (χ0n) is 14.3. The van der Waals surface area contributed by atoms with Gasteiger partial charge in [0.05, 0.1) is 0 Å². The number of nitrogens with zero attached hydrogens (tertiary/aromatic N) is 2. The molecular weight excluding hydrogens is 280 g/mol. The Balaban J connectivity index is 2.31. The smallest absolute Gasteiger partial charge is 0.191 e. The number of rotatable bonds is 8. The van der Waals surface area contributed by atoms with Crippen LogP contribution in [0.5, 0.6) is 0 Å². The highest BCUT2D eigenvalue weighted by Gasteiger charge is 2.21. The van der Waals surface area contributed by atoms with Crippen molar-refractivity contribution in [3.05, 3.63) is 0 Å². The summed E-state index contributed by atoms with van der Waals surface area (Å²) in [6, 6.07) is 1.24. The summed E-state index contributed by atoms with van der Waals surface area (Å²) in [5, 5.41) is 6.99. The molecule has 0 atom stereocenters. The van der Waals surface area contributed by atoms with E-state index < -0.39 is 0 Å². The standard InChI is InChI=1S/C16H34N4S/c1-5-17-16(18-10-6-7-13-21-4)19-15-8-11-20(12-9-15)14(2)3/h14-15H,5-13H2,1-4H3,(H2,17,18,19). The number of likely N-dealkylation sites (tertiary alicyclic amines) is 1. The molecule has 1 heterocycles. The minimum absolute atomic E-state index is 0.573.